The molecule has 0 atom stereocenters. The monoisotopic (exact) mass is 197 g/mol. The molecule has 0 aromatic carbocycles. The minimum atomic E-state index is -0.822. The fraction of sp³-hybridized carbons (Fsp3) is 1.00. The molecule has 1 nitrogen and oxygen atoms in total. The Morgan fingerprint density at radius 2 is 1.85 bits per heavy atom. The van der Waals surface area contributed by atoms with Crippen LogP contribution < -0.4 is 5.32 Å². The summed E-state index contributed by atoms with van der Waals surface area (Å²) in [5, 5.41) is 3.70. The fourth-order valence-electron chi connectivity index (χ4n) is 2.37. The molecule has 76 valence electrons. The highest BCUT2D eigenvalue weighted by molar-refractivity contribution is 6.76. The summed E-state index contributed by atoms with van der Waals surface area (Å²) in [6.07, 6.45) is 5.86. The SMILES string of the molecule is C[Si](C)(C)CC1(CNC2CC2)CC1. The maximum Gasteiger partial charge on any atom is 0.0448 e. The van der Waals surface area contributed by atoms with Crippen LogP contribution in [0.4, 0.5) is 0 Å². The van der Waals surface area contributed by atoms with Crippen molar-refractivity contribution in [2.24, 2.45) is 5.41 Å². The van der Waals surface area contributed by atoms with Crippen LogP contribution in [0.15, 0.2) is 0 Å². The van der Waals surface area contributed by atoms with Crippen LogP contribution in [-0.2, 0) is 0 Å². The molecule has 2 aliphatic carbocycles. The Morgan fingerprint density at radius 1 is 1.23 bits per heavy atom. The van der Waals surface area contributed by atoms with Gasteiger partial charge in [-0.2, -0.15) is 0 Å². The maximum atomic E-state index is 3.70. The van der Waals surface area contributed by atoms with E-state index in [1.54, 1.807) is 6.04 Å². The van der Waals surface area contributed by atoms with E-state index in [-0.39, 0.29) is 0 Å². The third-order valence-corrected chi connectivity index (χ3v) is 5.02. The summed E-state index contributed by atoms with van der Waals surface area (Å²) in [5.74, 6) is 0. The summed E-state index contributed by atoms with van der Waals surface area (Å²) in [7, 11) is -0.822. The normalized spacial score (nSPS) is 26.1. The van der Waals surface area contributed by atoms with Crippen LogP contribution in [0.3, 0.4) is 0 Å². The lowest BCUT2D eigenvalue weighted by molar-refractivity contribution is 0.492. The van der Waals surface area contributed by atoms with Crippen molar-refractivity contribution in [3.63, 3.8) is 0 Å². The average Bonchev–Trinajstić information content (AvgIpc) is 2.72. The van der Waals surface area contributed by atoms with Gasteiger partial charge in [0.15, 0.2) is 0 Å². The molecule has 0 amide bonds. The van der Waals surface area contributed by atoms with E-state index in [0.29, 0.717) is 0 Å². The average molecular weight is 197 g/mol. The lowest BCUT2D eigenvalue weighted by Crippen LogP contribution is -2.32. The first kappa shape index (κ1) is 9.72. The van der Waals surface area contributed by atoms with Crippen molar-refractivity contribution in [3.05, 3.63) is 0 Å². The van der Waals surface area contributed by atoms with Crippen LogP contribution in [0.25, 0.3) is 0 Å². The molecule has 0 bridgehead atoms. The van der Waals surface area contributed by atoms with E-state index in [1.165, 1.54) is 32.2 Å². The second-order valence-electron chi connectivity index (χ2n) is 6.39. The molecule has 1 N–H and O–H groups in total. The van der Waals surface area contributed by atoms with Gasteiger partial charge in [-0.25, -0.2) is 0 Å². The minimum absolute atomic E-state index is 0.757. The van der Waals surface area contributed by atoms with E-state index in [4.69, 9.17) is 0 Å². The zero-order valence-electron chi connectivity index (χ0n) is 9.32. The van der Waals surface area contributed by atoms with Crippen LogP contribution in [0.1, 0.15) is 25.7 Å². The van der Waals surface area contributed by atoms with Gasteiger partial charge in [-0.1, -0.05) is 25.7 Å². The Hall–Kier alpha value is 0.177. The molecule has 13 heavy (non-hydrogen) atoms. The van der Waals surface area contributed by atoms with E-state index in [0.717, 1.165) is 11.5 Å². The Bertz CT molecular complexity index is 187. The minimum Gasteiger partial charge on any atom is -0.313 e. The lowest BCUT2D eigenvalue weighted by Gasteiger charge is -2.24. The zero-order valence-corrected chi connectivity index (χ0v) is 10.3. The van der Waals surface area contributed by atoms with Crippen molar-refractivity contribution in [2.45, 2.75) is 57.4 Å². The van der Waals surface area contributed by atoms with Gasteiger partial charge in [0.05, 0.1) is 0 Å². The molecule has 2 saturated carbocycles. The zero-order chi connectivity index (χ0) is 9.53. The number of nitrogens with one attached hydrogen (secondary N) is 1. The summed E-state index contributed by atoms with van der Waals surface area (Å²) in [5.41, 5.74) is 0.757. The lowest BCUT2D eigenvalue weighted by atomic mass is 10.1. The molecule has 0 aliphatic heterocycles. The maximum absolute atomic E-state index is 3.70. The molecule has 2 aliphatic rings. The highest BCUT2D eigenvalue weighted by Crippen LogP contribution is 2.51. The molecule has 0 aromatic heterocycles. The van der Waals surface area contributed by atoms with E-state index < -0.39 is 8.07 Å². The molecule has 0 aromatic rings. The van der Waals surface area contributed by atoms with Gasteiger partial charge in [0, 0.05) is 20.7 Å². The molecule has 0 heterocycles. The molecule has 0 radical (unpaired) electrons. The van der Waals surface area contributed by atoms with Gasteiger partial charge in [0.25, 0.3) is 0 Å². The first-order valence-electron chi connectivity index (χ1n) is 5.73. The molecular weight excluding hydrogens is 174 g/mol. The van der Waals surface area contributed by atoms with Crippen LogP contribution in [0.5, 0.6) is 0 Å². The van der Waals surface area contributed by atoms with Crippen molar-refractivity contribution in [3.8, 4) is 0 Å². The number of hydrogen-bond acceptors (Lipinski definition) is 1. The first-order chi connectivity index (χ1) is 5.99. The Labute approximate surface area is 83.3 Å². The summed E-state index contributed by atoms with van der Waals surface area (Å²) < 4.78 is 0. The molecular formula is C11H23NSi. The largest absolute Gasteiger partial charge is 0.313 e. The Morgan fingerprint density at radius 3 is 2.23 bits per heavy atom. The van der Waals surface area contributed by atoms with E-state index in [9.17, 15) is 0 Å². The Balaban J connectivity index is 1.75. The number of hydrogen-bond donors (Lipinski definition) is 1. The molecule has 0 unspecified atom stereocenters. The van der Waals surface area contributed by atoms with Gasteiger partial charge in [0.1, 0.15) is 0 Å². The second-order valence-corrected chi connectivity index (χ2v) is 11.9. The second kappa shape index (κ2) is 3.09. The summed E-state index contributed by atoms with van der Waals surface area (Å²) >= 11 is 0. The van der Waals surface area contributed by atoms with Crippen molar-refractivity contribution in [1.82, 2.24) is 5.32 Å². The quantitative estimate of drug-likeness (QED) is 0.668. The standard InChI is InChI=1S/C11H23NSi/c1-13(2,3)9-11(6-7-11)8-12-10-4-5-10/h10,12H,4-9H2,1-3H3. The Kier molecular flexibility index (Phi) is 2.31. The van der Waals surface area contributed by atoms with Gasteiger partial charge < -0.3 is 5.32 Å². The van der Waals surface area contributed by atoms with Crippen LogP contribution >= 0.6 is 0 Å². The van der Waals surface area contributed by atoms with Gasteiger partial charge >= 0.3 is 0 Å². The van der Waals surface area contributed by atoms with Crippen molar-refractivity contribution >= 4 is 8.07 Å². The van der Waals surface area contributed by atoms with Crippen molar-refractivity contribution < 1.29 is 0 Å². The van der Waals surface area contributed by atoms with Gasteiger partial charge in [-0.3, -0.25) is 0 Å². The van der Waals surface area contributed by atoms with Gasteiger partial charge in [-0.05, 0) is 31.1 Å². The highest BCUT2D eigenvalue weighted by atomic mass is 28.3. The molecule has 2 heteroatoms. The van der Waals surface area contributed by atoms with Gasteiger partial charge in [0.2, 0.25) is 0 Å². The molecule has 2 rings (SSSR count). The van der Waals surface area contributed by atoms with Crippen LogP contribution in [0, 0.1) is 5.41 Å². The smallest absolute Gasteiger partial charge is 0.0448 e. The third kappa shape index (κ3) is 3.10. The first-order valence-corrected chi connectivity index (χ1v) is 9.43. The summed E-state index contributed by atoms with van der Waals surface area (Å²) in [6.45, 7) is 8.83. The topological polar surface area (TPSA) is 12.0 Å². The predicted octanol–water partition coefficient (Wildman–Crippen LogP) is 2.86. The van der Waals surface area contributed by atoms with E-state index >= 15 is 0 Å². The molecule has 2 fully saturated rings. The fourth-order valence-corrected chi connectivity index (χ4v) is 5.09. The summed E-state index contributed by atoms with van der Waals surface area (Å²) in [6, 6.07) is 2.44. The number of rotatable bonds is 5. The third-order valence-electron chi connectivity index (χ3n) is 3.21. The highest BCUT2D eigenvalue weighted by Gasteiger charge is 2.45. The van der Waals surface area contributed by atoms with E-state index in [2.05, 4.69) is 25.0 Å². The molecule has 0 spiro atoms. The van der Waals surface area contributed by atoms with Crippen molar-refractivity contribution in [2.75, 3.05) is 6.54 Å². The molecule has 0 saturated heterocycles. The van der Waals surface area contributed by atoms with Crippen molar-refractivity contribution in [1.29, 1.82) is 0 Å². The van der Waals surface area contributed by atoms with Crippen LogP contribution in [-0.4, -0.2) is 20.7 Å². The van der Waals surface area contributed by atoms with Gasteiger partial charge in [-0.15, -0.1) is 0 Å². The predicted molar refractivity (Wildman–Crippen MR) is 60.8 cm³/mol. The van der Waals surface area contributed by atoms with Crippen LogP contribution in [0.2, 0.25) is 25.7 Å². The summed E-state index contributed by atoms with van der Waals surface area (Å²) in [4.78, 5) is 0. The van der Waals surface area contributed by atoms with E-state index in [1.807, 2.05) is 0 Å².